The van der Waals surface area contributed by atoms with Gasteiger partial charge >= 0.3 is 5.97 Å². The zero-order valence-electron chi connectivity index (χ0n) is 24.5. The van der Waals surface area contributed by atoms with Crippen LogP contribution in [0.2, 0.25) is 0 Å². The lowest BCUT2D eigenvalue weighted by atomic mass is 10.1. The maximum absolute atomic E-state index is 12.9. The Morgan fingerprint density at radius 1 is 0.571 bits per heavy atom. The van der Waals surface area contributed by atoms with Crippen LogP contribution in [0, 0.1) is 0 Å². The lowest BCUT2D eigenvalue weighted by Gasteiger charge is -2.24. The molecule has 42 heavy (non-hydrogen) atoms. The molecule has 0 rings (SSSR count). The minimum Gasteiger partial charge on any atom is -0.480 e. The van der Waals surface area contributed by atoms with Crippen molar-refractivity contribution in [2.45, 2.75) is 89.5 Å². The molecule has 0 bridgehead atoms. The van der Waals surface area contributed by atoms with E-state index in [2.05, 4.69) is 31.9 Å². The summed E-state index contributed by atoms with van der Waals surface area (Å²) in [5.41, 5.74) is 16.2. The Kier molecular flexibility index (Phi) is 19.0. The van der Waals surface area contributed by atoms with Gasteiger partial charge in [-0.15, -0.1) is 0 Å². The van der Waals surface area contributed by atoms with Crippen LogP contribution in [-0.4, -0.2) is 103 Å². The van der Waals surface area contributed by atoms with Crippen molar-refractivity contribution in [2.75, 3.05) is 26.2 Å². The third-order valence-corrected chi connectivity index (χ3v) is 6.04. The van der Waals surface area contributed by atoms with Crippen LogP contribution < -0.4 is 49.1 Å². The highest BCUT2D eigenvalue weighted by atomic mass is 16.4. The van der Waals surface area contributed by atoms with E-state index in [0.29, 0.717) is 38.8 Å². The summed E-state index contributed by atoms with van der Waals surface area (Å²) in [6, 6.07) is -5.49. The highest BCUT2D eigenvalue weighted by Crippen LogP contribution is 2.04. The monoisotopic (exact) mass is 601 g/mol. The molecule has 0 fully saturated rings. The predicted octanol–water partition coefficient (Wildman–Crippen LogP) is -4.11. The van der Waals surface area contributed by atoms with E-state index in [9.17, 15) is 33.6 Å². The van der Waals surface area contributed by atoms with E-state index >= 15 is 0 Å². The average Bonchev–Trinajstić information content (AvgIpc) is 2.94. The van der Waals surface area contributed by atoms with Crippen LogP contribution in [-0.2, 0) is 33.6 Å². The number of aliphatic carboxylic acids is 1. The summed E-state index contributed by atoms with van der Waals surface area (Å²) in [7, 11) is 0. The Labute approximate surface area is 245 Å². The van der Waals surface area contributed by atoms with Gasteiger partial charge in [0, 0.05) is 0 Å². The van der Waals surface area contributed by atoms with Crippen molar-refractivity contribution in [1.82, 2.24) is 31.9 Å². The maximum Gasteiger partial charge on any atom is 0.325 e. The van der Waals surface area contributed by atoms with Crippen LogP contribution in [0.15, 0.2) is 0 Å². The van der Waals surface area contributed by atoms with E-state index in [4.69, 9.17) is 22.3 Å². The maximum atomic E-state index is 12.9. The first kappa shape index (κ1) is 38.2. The van der Waals surface area contributed by atoms with Crippen LogP contribution in [0.4, 0.5) is 0 Å². The molecular weight excluding hydrogens is 554 g/mol. The Balaban J connectivity index is 5.20. The second-order valence-electron chi connectivity index (χ2n) is 9.76. The van der Waals surface area contributed by atoms with Gasteiger partial charge in [0.2, 0.25) is 35.4 Å². The fourth-order valence-electron chi connectivity index (χ4n) is 3.48. The van der Waals surface area contributed by atoms with E-state index in [0.717, 1.165) is 0 Å². The average molecular weight is 602 g/mol. The van der Waals surface area contributed by atoms with Gasteiger partial charge in [0.05, 0.1) is 13.1 Å². The van der Waals surface area contributed by atoms with Gasteiger partial charge in [-0.2, -0.15) is 0 Å². The first-order chi connectivity index (χ1) is 19.8. The minimum atomic E-state index is -1.24. The second-order valence-corrected chi connectivity index (χ2v) is 9.76. The van der Waals surface area contributed by atoms with Crippen LogP contribution in [0.5, 0.6) is 0 Å². The molecule has 0 unspecified atom stereocenters. The molecule has 5 atom stereocenters. The molecule has 0 aromatic rings. The number of nitrogens with two attached hydrogens (primary N) is 3. The van der Waals surface area contributed by atoms with E-state index in [1.807, 2.05) is 0 Å². The van der Waals surface area contributed by atoms with Crippen molar-refractivity contribution in [3.8, 4) is 0 Å². The van der Waals surface area contributed by atoms with Crippen molar-refractivity contribution in [3.05, 3.63) is 0 Å². The summed E-state index contributed by atoms with van der Waals surface area (Å²) in [5, 5.41) is 23.6. The summed E-state index contributed by atoms with van der Waals surface area (Å²) in [6.07, 6.45) is 2.58. The lowest BCUT2D eigenvalue weighted by Crippen LogP contribution is -2.57. The van der Waals surface area contributed by atoms with Gasteiger partial charge in [-0.3, -0.25) is 33.6 Å². The lowest BCUT2D eigenvalue weighted by molar-refractivity contribution is -0.141. The second kappa shape index (κ2) is 21.0. The molecule has 13 N–H and O–H groups in total. The van der Waals surface area contributed by atoms with Crippen LogP contribution in [0.25, 0.3) is 0 Å². The fourth-order valence-corrected chi connectivity index (χ4v) is 3.48. The fraction of sp³-hybridized carbons (Fsp3) is 0.720. The Bertz CT molecular complexity index is 934. The normalized spacial score (nSPS) is 14.2. The summed E-state index contributed by atoms with van der Waals surface area (Å²) in [6.45, 7) is 4.10. The minimum absolute atomic E-state index is 0.196. The first-order valence-electron chi connectivity index (χ1n) is 13.9. The third-order valence-electron chi connectivity index (χ3n) is 6.04. The van der Waals surface area contributed by atoms with E-state index in [-0.39, 0.29) is 25.9 Å². The molecule has 0 radical (unpaired) electrons. The highest BCUT2D eigenvalue weighted by molar-refractivity contribution is 5.96. The number of hydrogen-bond acceptors (Lipinski definition) is 10. The molecule has 0 aromatic carbocycles. The highest BCUT2D eigenvalue weighted by Gasteiger charge is 2.28. The molecule has 0 aliphatic rings. The number of amides is 6. The number of nitrogens with one attached hydrogen (secondary N) is 6. The van der Waals surface area contributed by atoms with Crippen molar-refractivity contribution < 1.29 is 38.7 Å². The molecule has 0 spiro atoms. The molecule has 0 saturated heterocycles. The first-order valence-corrected chi connectivity index (χ1v) is 13.9. The van der Waals surface area contributed by atoms with Gasteiger partial charge in [0.15, 0.2) is 0 Å². The number of hydrogen-bond donors (Lipinski definition) is 10. The molecule has 0 aromatic heterocycles. The summed E-state index contributed by atoms with van der Waals surface area (Å²) >= 11 is 0. The molecule has 0 heterocycles. The van der Waals surface area contributed by atoms with Gasteiger partial charge in [-0.05, 0) is 72.4 Å². The number of rotatable bonds is 21. The van der Waals surface area contributed by atoms with Gasteiger partial charge < -0.3 is 54.2 Å². The largest absolute Gasteiger partial charge is 0.480 e. The molecule has 0 aliphatic heterocycles. The molecular formula is C25H47N9O8. The van der Waals surface area contributed by atoms with E-state index in [1.54, 1.807) is 0 Å². The SMILES string of the molecule is C[C@H](NC(=O)[C@H](CCCCN)NC(=O)[C@H](C)NC(=O)[C@H](C)NC(=O)[C@H](CCCCN)NC(=O)CNC(=O)CN)C(=O)O. The standard InChI is InChI=1S/C25H47N9O8/c1-14(31-23(39)17(8-4-6-10-26)33-20(36)13-29-19(35)12-28)21(37)30-15(2)22(38)34-18(9-5-7-11-27)24(40)32-16(3)25(41)42/h14-18H,4-13,26-28H2,1-3H3,(H,29,35)(H,30,37)(H,31,39)(H,32,40)(H,33,36)(H,34,38)(H,41,42)/t14-,15-,16-,17-,18-/m0/s1. The number of carbonyl (C=O) groups is 7. The molecule has 0 saturated carbocycles. The van der Waals surface area contributed by atoms with E-state index in [1.165, 1.54) is 20.8 Å². The van der Waals surface area contributed by atoms with Crippen LogP contribution in [0.1, 0.15) is 59.3 Å². The van der Waals surface area contributed by atoms with E-state index < -0.39 is 71.6 Å². The topological polar surface area (TPSA) is 290 Å². The van der Waals surface area contributed by atoms with Crippen molar-refractivity contribution in [1.29, 1.82) is 0 Å². The number of carboxylic acids is 1. The Morgan fingerprint density at radius 3 is 1.45 bits per heavy atom. The summed E-state index contributed by atoms with van der Waals surface area (Å²) in [5.74, 6) is -5.19. The van der Waals surface area contributed by atoms with Gasteiger partial charge in [0.1, 0.15) is 30.2 Å². The number of carbonyl (C=O) groups excluding carboxylic acids is 6. The van der Waals surface area contributed by atoms with Crippen molar-refractivity contribution in [3.63, 3.8) is 0 Å². The molecule has 240 valence electrons. The van der Waals surface area contributed by atoms with Gasteiger partial charge in [-0.25, -0.2) is 0 Å². The molecule has 17 heteroatoms. The molecule has 6 amide bonds. The Hall–Kier alpha value is -3.83. The smallest absolute Gasteiger partial charge is 0.325 e. The number of carboxylic acid groups (broad SMARTS) is 1. The third kappa shape index (κ3) is 15.8. The van der Waals surface area contributed by atoms with Gasteiger partial charge in [-0.1, -0.05) is 0 Å². The van der Waals surface area contributed by atoms with Crippen LogP contribution in [0.3, 0.4) is 0 Å². The summed E-state index contributed by atoms with van der Waals surface area (Å²) < 4.78 is 0. The molecule has 17 nitrogen and oxygen atoms in total. The summed E-state index contributed by atoms with van der Waals surface area (Å²) in [4.78, 5) is 85.5. The van der Waals surface area contributed by atoms with Crippen molar-refractivity contribution in [2.24, 2.45) is 17.2 Å². The van der Waals surface area contributed by atoms with Crippen LogP contribution >= 0.6 is 0 Å². The van der Waals surface area contributed by atoms with Crippen molar-refractivity contribution >= 4 is 41.4 Å². The quantitative estimate of drug-likeness (QED) is 0.0564. The van der Waals surface area contributed by atoms with Gasteiger partial charge in [0.25, 0.3) is 0 Å². The zero-order chi connectivity index (χ0) is 32.2. The number of unbranched alkanes of at least 4 members (excludes halogenated alkanes) is 2. The molecule has 0 aliphatic carbocycles. The Morgan fingerprint density at radius 2 is 1.00 bits per heavy atom. The zero-order valence-corrected chi connectivity index (χ0v) is 24.5. The predicted molar refractivity (Wildman–Crippen MR) is 152 cm³/mol.